The molecule has 0 saturated carbocycles. The van der Waals surface area contributed by atoms with Crippen molar-refractivity contribution in [2.45, 2.75) is 6.42 Å². The minimum Gasteiger partial charge on any atom is -0.396 e. The molecule has 1 N–H and O–H groups in total. The second kappa shape index (κ2) is 4.12. The molecule has 0 aromatic rings. The lowest BCUT2D eigenvalue weighted by atomic mass is 10.1. The van der Waals surface area contributed by atoms with E-state index in [1.165, 1.54) is 0 Å². The fourth-order valence-corrected chi connectivity index (χ4v) is 1.74. The van der Waals surface area contributed by atoms with Crippen molar-refractivity contribution in [3.8, 4) is 17.2 Å². The van der Waals surface area contributed by atoms with Crippen LogP contribution in [0.25, 0.3) is 11.1 Å². The zero-order chi connectivity index (χ0) is 10.7. The van der Waals surface area contributed by atoms with Crippen LogP contribution in [0, 0.1) is 11.3 Å². The van der Waals surface area contributed by atoms with Crippen LogP contribution in [0.5, 0.6) is 0 Å². The number of nitriles is 1. The highest BCUT2D eigenvalue weighted by molar-refractivity contribution is 5.71. The van der Waals surface area contributed by atoms with E-state index in [0.29, 0.717) is 12.0 Å². The van der Waals surface area contributed by atoms with E-state index in [9.17, 15) is 0 Å². The van der Waals surface area contributed by atoms with Crippen LogP contribution in [0.1, 0.15) is 11.1 Å². The van der Waals surface area contributed by atoms with Crippen LogP contribution in [0.4, 0.5) is 0 Å². The maximum Gasteiger partial charge on any atom is 0.0991 e. The first-order chi connectivity index (χ1) is 7.35. The van der Waals surface area contributed by atoms with Gasteiger partial charge in [-0.05, 0) is 35.2 Å². The average Bonchev–Trinajstić information content (AvgIpc) is 2.51. The van der Waals surface area contributed by atoms with Gasteiger partial charge in [-0.15, -0.1) is 0 Å². The third kappa shape index (κ3) is 1.83. The van der Waals surface area contributed by atoms with Crippen LogP contribution in [0.3, 0.4) is 0 Å². The quantitative estimate of drug-likeness (QED) is 0.802. The van der Waals surface area contributed by atoms with Crippen LogP contribution in [0.15, 0.2) is 36.4 Å². The van der Waals surface area contributed by atoms with E-state index in [2.05, 4.69) is 6.07 Å². The van der Waals surface area contributed by atoms with Crippen molar-refractivity contribution in [2.24, 2.45) is 0 Å². The second-order valence-electron chi connectivity index (χ2n) is 3.44. The summed E-state index contributed by atoms with van der Waals surface area (Å²) in [5.74, 6) is 0. The fraction of sp³-hybridized carbons (Fsp3) is 0.154. The van der Waals surface area contributed by atoms with Gasteiger partial charge in [-0.2, -0.15) is 5.26 Å². The third-order valence-corrected chi connectivity index (χ3v) is 2.48. The van der Waals surface area contributed by atoms with Crippen molar-refractivity contribution in [1.29, 1.82) is 5.26 Å². The van der Waals surface area contributed by atoms with E-state index in [4.69, 9.17) is 10.4 Å². The Morgan fingerprint density at radius 1 is 1.20 bits per heavy atom. The van der Waals surface area contributed by atoms with E-state index in [1.54, 1.807) is 6.07 Å². The van der Waals surface area contributed by atoms with E-state index >= 15 is 0 Å². The zero-order valence-corrected chi connectivity index (χ0v) is 8.27. The van der Waals surface area contributed by atoms with Crippen molar-refractivity contribution in [1.82, 2.24) is 0 Å². The summed E-state index contributed by atoms with van der Waals surface area (Å²) in [5.41, 5.74) is 3.92. The molecule has 0 bridgehead atoms. The molecule has 2 rings (SSSR count). The van der Waals surface area contributed by atoms with Gasteiger partial charge in [-0.25, -0.2) is 0 Å². The molecule has 2 heteroatoms. The lowest BCUT2D eigenvalue weighted by molar-refractivity contribution is 0.300. The van der Waals surface area contributed by atoms with Gasteiger partial charge in [-0.1, -0.05) is 24.3 Å². The van der Waals surface area contributed by atoms with Crippen molar-refractivity contribution in [3.05, 3.63) is 47.5 Å². The summed E-state index contributed by atoms with van der Waals surface area (Å²) in [7, 11) is 0. The number of fused-ring (bicyclic) bond motifs is 1. The average molecular weight is 197 g/mol. The normalized spacial score (nSPS) is 10.1. The van der Waals surface area contributed by atoms with E-state index in [0.717, 1.165) is 16.7 Å². The van der Waals surface area contributed by atoms with Crippen LogP contribution >= 0.6 is 0 Å². The molecule has 0 unspecified atom stereocenters. The van der Waals surface area contributed by atoms with Crippen molar-refractivity contribution in [2.75, 3.05) is 6.61 Å². The summed E-state index contributed by atoms with van der Waals surface area (Å²) in [4.78, 5) is 0. The Kier molecular flexibility index (Phi) is 2.66. The number of nitrogens with zero attached hydrogens (tertiary/aromatic N) is 1. The van der Waals surface area contributed by atoms with E-state index in [-0.39, 0.29) is 6.61 Å². The zero-order valence-electron chi connectivity index (χ0n) is 8.27. The first-order valence-electron chi connectivity index (χ1n) is 4.88. The smallest absolute Gasteiger partial charge is 0.0991 e. The van der Waals surface area contributed by atoms with Gasteiger partial charge in [0.15, 0.2) is 0 Å². The first-order valence-corrected chi connectivity index (χ1v) is 4.88. The predicted octanol–water partition coefficient (Wildman–Crippen LogP) is 2.20. The number of aliphatic hydroxyl groups excluding tert-OH is 1. The lowest BCUT2D eigenvalue weighted by Crippen LogP contribution is -1.89. The maximum absolute atomic E-state index is 8.92. The maximum atomic E-state index is 8.92. The minimum absolute atomic E-state index is 0.139. The standard InChI is InChI=1S/C13H11NO/c14-9-10-2-1-3-11-4-5-12(6-7-15)13(11)8-10/h1-5,8,15H,6-7H2. The molecule has 0 aromatic heterocycles. The molecule has 0 heterocycles. The van der Waals surface area contributed by atoms with Gasteiger partial charge in [0.1, 0.15) is 0 Å². The molecule has 0 aromatic carbocycles. The second-order valence-corrected chi connectivity index (χ2v) is 3.44. The first kappa shape index (κ1) is 9.70. The summed E-state index contributed by atoms with van der Waals surface area (Å²) >= 11 is 0. The molecule has 0 aliphatic heterocycles. The Balaban J connectivity index is 2.57. The van der Waals surface area contributed by atoms with Crippen LogP contribution in [0.2, 0.25) is 0 Å². The Hall–Kier alpha value is -1.85. The molecule has 15 heavy (non-hydrogen) atoms. The molecule has 0 fully saturated rings. The summed E-state index contributed by atoms with van der Waals surface area (Å²) in [6.45, 7) is 0.139. The highest BCUT2D eigenvalue weighted by Gasteiger charge is 2.07. The SMILES string of the molecule is N#Cc1cccc2ccc(CCO)c-2c1. The van der Waals surface area contributed by atoms with Crippen molar-refractivity contribution in [3.63, 3.8) is 0 Å². The monoisotopic (exact) mass is 197 g/mol. The predicted molar refractivity (Wildman–Crippen MR) is 58.6 cm³/mol. The fourth-order valence-electron chi connectivity index (χ4n) is 1.74. The highest BCUT2D eigenvalue weighted by Crippen LogP contribution is 2.27. The Morgan fingerprint density at radius 2 is 2.07 bits per heavy atom. The summed E-state index contributed by atoms with van der Waals surface area (Å²) < 4.78 is 0. The highest BCUT2D eigenvalue weighted by atomic mass is 16.2. The number of rotatable bonds is 2. The topological polar surface area (TPSA) is 44.0 Å². The third-order valence-electron chi connectivity index (χ3n) is 2.48. The van der Waals surface area contributed by atoms with Gasteiger partial charge in [0.05, 0.1) is 11.6 Å². The van der Waals surface area contributed by atoms with Gasteiger partial charge >= 0.3 is 0 Å². The molecule has 2 aliphatic carbocycles. The summed E-state index contributed by atoms with van der Waals surface area (Å²) in [5, 5.41) is 17.8. The summed E-state index contributed by atoms with van der Waals surface area (Å²) in [6, 6.07) is 13.7. The Morgan fingerprint density at radius 3 is 2.80 bits per heavy atom. The van der Waals surface area contributed by atoms with Gasteiger partial charge in [0.2, 0.25) is 0 Å². The van der Waals surface area contributed by atoms with Gasteiger partial charge < -0.3 is 5.11 Å². The molecule has 74 valence electrons. The van der Waals surface area contributed by atoms with Crippen LogP contribution in [-0.4, -0.2) is 11.7 Å². The van der Waals surface area contributed by atoms with Gasteiger partial charge in [0, 0.05) is 6.61 Å². The molecule has 0 amide bonds. The van der Waals surface area contributed by atoms with Crippen LogP contribution < -0.4 is 0 Å². The number of hydrogen-bond acceptors (Lipinski definition) is 2. The van der Waals surface area contributed by atoms with Gasteiger partial charge in [-0.3, -0.25) is 0 Å². The largest absolute Gasteiger partial charge is 0.396 e. The minimum atomic E-state index is 0.139. The molecule has 0 atom stereocenters. The van der Waals surface area contributed by atoms with E-state index < -0.39 is 0 Å². The molecular weight excluding hydrogens is 186 g/mol. The molecule has 0 saturated heterocycles. The Labute approximate surface area is 88.7 Å². The van der Waals surface area contributed by atoms with E-state index in [1.807, 2.05) is 30.3 Å². The Bertz CT molecular complexity index is 485. The number of hydrogen-bond donors (Lipinski definition) is 1. The molecule has 0 radical (unpaired) electrons. The van der Waals surface area contributed by atoms with Crippen molar-refractivity contribution < 1.29 is 5.11 Å². The lowest BCUT2D eigenvalue weighted by Gasteiger charge is -1.98. The van der Waals surface area contributed by atoms with Crippen LogP contribution in [-0.2, 0) is 6.42 Å². The number of aliphatic hydroxyl groups is 1. The molecular formula is C13H11NO. The van der Waals surface area contributed by atoms with Crippen molar-refractivity contribution >= 4 is 0 Å². The molecule has 0 spiro atoms. The molecule has 2 aliphatic rings. The molecule has 2 nitrogen and oxygen atoms in total. The van der Waals surface area contributed by atoms with Gasteiger partial charge in [0.25, 0.3) is 0 Å². The summed E-state index contributed by atoms with van der Waals surface area (Å²) in [6.07, 6.45) is 0.637.